The third-order valence-corrected chi connectivity index (χ3v) is 3.23. The molecule has 0 aliphatic heterocycles. The number of rotatable bonds is 4. The third kappa shape index (κ3) is 4.93. The van der Waals surface area contributed by atoms with Crippen molar-refractivity contribution in [1.82, 2.24) is 10.7 Å². The monoisotopic (exact) mass is 405 g/mol. The van der Waals surface area contributed by atoms with E-state index in [4.69, 9.17) is 0 Å². The van der Waals surface area contributed by atoms with Crippen LogP contribution in [0.4, 0.5) is 0 Å². The van der Waals surface area contributed by atoms with Gasteiger partial charge >= 0.3 is 11.8 Å². The number of halogens is 2. The molecule has 0 aliphatic carbocycles. The summed E-state index contributed by atoms with van der Waals surface area (Å²) in [5, 5.41) is 15.8. The number of phenolic OH excluding ortho intramolecular Hbond substituents is 1. The van der Waals surface area contributed by atoms with Crippen molar-refractivity contribution in [3.05, 3.63) is 26.6 Å². The second kappa shape index (κ2) is 8.01. The van der Waals surface area contributed by atoms with E-state index in [1.54, 1.807) is 12.1 Å². The first-order chi connectivity index (χ1) is 9.45. The summed E-state index contributed by atoms with van der Waals surface area (Å²) in [6, 6.07) is 3.29. The van der Waals surface area contributed by atoms with Gasteiger partial charge in [0.1, 0.15) is 5.75 Å². The van der Waals surface area contributed by atoms with Crippen LogP contribution in [0, 0.1) is 0 Å². The topological polar surface area (TPSA) is 90.8 Å². The predicted molar refractivity (Wildman–Crippen MR) is 82.5 cm³/mol. The maximum absolute atomic E-state index is 11.3. The summed E-state index contributed by atoms with van der Waals surface area (Å²) < 4.78 is 1.22. The van der Waals surface area contributed by atoms with Crippen molar-refractivity contribution in [3.63, 3.8) is 0 Å². The van der Waals surface area contributed by atoms with E-state index in [2.05, 4.69) is 47.7 Å². The number of nitrogens with one attached hydrogen (secondary N) is 2. The van der Waals surface area contributed by atoms with Gasteiger partial charge in [0.2, 0.25) is 0 Å². The van der Waals surface area contributed by atoms with E-state index < -0.39 is 11.8 Å². The molecule has 0 atom stereocenters. The molecule has 0 unspecified atom stereocenters. The molecule has 0 saturated heterocycles. The van der Waals surface area contributed by atoms with Crippen LogP contribution >= 0.6 is 31.9 Å². The summed E-state index contributed by atoms with van der Waals surface area (Å²) >= 11 is 6.44. The van der Waals surface area contributed by atoms with E-state index in [1.165, 1.54) is 6.21 Å². The fourth-order valence-electron chi connectivity index (χ4n) is 1.21. The molecule has 1 aromatic rings. The highest BCUT2D eigenvalue weighted by molar-refractivity contribution is 9.11. The van der Waals surface area contributed by atoms with Crippen LogP contribution < -0.4 is 10.7 Å². The molecule has 0 fully saturated rings. The fourth-order valence-corrected chi connectivity index (χ4v) is 2.47. The van der Waals surface area contributed by atoms with E-state index in [9.17, 15) is 14.7 Å². The first-order valence-corrected chi connectivity index (χ1v) is 7.33. The summed E-state index contributed by atoms with van der Waals surface area (Å²) in [7, 11) is 0. The Labute approximate surface area is 132 Å². The highest BCUT2D eigenvalue weighted by Gasteiger charge is 2.11. The minimum absolute atomic E-state index is 0.0124. The smallest absolute Gasteiger partial charge is 0.329 e. The third-order valence-electron chi connectivity index (χ3n) is 2.17. The van der Waals surface area contributed by atoms with Gasteiger partial charge in [-0.15, -0.1) is 0 Å². The van der Waals surface area contributed by atoms with Crippen molar-refractivity contribution in [1.29, 1.82) is 0 Å². The lowest BCUT2D eigenvalue weighted by atomic mass is 10.2. The van der Waals surface area contributed by atoms with Gasteiger partial charge < -0.3 is 10.4 Å². The molecule has 1 rings (SSSR count). The SMILES string of the molecule is CCCNC(=O)C(=O)N/N=C/c1cc(Br)cc(Br)c1O. The van der Waals surface area contributed by atoms with Gasteiger partial charge in [0, 0.05) is 16.6 Å². The number of carbonyl (C=O) groups is 2. The molecule has 108 valence electrons. The number of aromatic hydroxyl groups is 1. The second-order valence-electron chi connectivity index (χ2n) is 3.78. The van der Waals surface area contributed by atoms with Crippen molar-refractivity contribution < 1.29 is 14.7 Å². The van der Waals surface area contributed by atoms with Crippen LogP contribution in [0.15, 0.2) is 26.2 Å². The first kappa shape index (κ1) is 16.6. The number of nitrogens with zero attached hydrogens (tertiary/aromatic N) is 1. The maximum Gasteiger partial charge on any atom is 0.329 e. The highest BCUT2D eigenvalue weighted by Crippen LogP contribution is 2.30. The largest absolute Gasteiger partial charge is 0.506 e. The van der Waals surface area contributed by atoms with Crippen LogP contribution in [-0.4, -0.2) is 29.7 Å². The normalized spacial score (nSPS) is 10.6. The Morgan fingerprint density at radius 3 is 2.70 bits per heavy atom. The summed E-state index contributed by atoms with van der Waals surface area (Å²) in [6.45, 7) is 2.31. The van der Waals surface area contributed by atoms with Gasteiger partial charge in [-0.1, -0.05) is 22.9 Å². The molecule has 0 aliphatic rings. The Kier molecular flexibility index (Phi) is 6.66. The zero-order valence-electron chi connectivity index (χ0n) is 10.6. The molecule has 20 heavy (non-hydrogen) atoms. The maximum atomic E-state index is 11.3. The predicted octanol–water partition coefficient (Wildman–Crippen LogP) is 1.89. The van der Waals surface area contributed by atoms with Crippen molar-refractivity contribution in [2.24, 2.45) is 5.10 Å². The Balaban J connectivity index is 2.66. The number of phenols is 1. The van der Waals surface area contributed by atoms with E-state index in [1.807, 2.05) is 6.92 Å². The van der Waals surface area contributed by atoms with Gasteiger partial charge in [-0.2, -0.15) is 5.10 Å². The summed E-state index contributed by atoms with van der Waals surface area (Å²) in [5.74, 6) is -1.62. The molecule has 0 bridgehead atoms. The van der Waals surface area contributed by atoms with Crippen molar-refractivity contribution in [2.45, 2.75) is 13.3 Å². The summed E-state index contributed by atoms with van der Waals surface area (Å²) in [6.07, 6.45) is 1.98. The van der Waals surface area contributed by atoms with Gasteiger partial charge in [-0.3, -0.25) is 9.59 Å². The van der Waals surface area contributed by atoms with Gasteiger partial charge in [0.05, 0.1) is 10.7 Å². The van der Waals surface area contributed by atoms with Crippen LogP contribution in [-0.2, 0) is 9.59 Å². The Bertz CT molecular complexity index is 547. The molecule has 0 spiro atoms. The minimum atomic E-state index is -0.858. The molecule has 0 heterocycles. The molecular formula is C12H13Br2N3O3. The molecule has 8 heteroatoms. The van der Waals surface area contributed by atoms with E-state index >= 15 is 0 Å². The number of amides is 2. The van der Waals surface area contributed by atoms with Crippen LogP contribution in [0.2, 0.25) is 0 Å². The lowest BCUT2D eigenvalue weighted by molar-refractivity contribution is -0.139. The fraction of sp³-hybridized carbons (Fsp3) is 0.250. The lowest BCUT2D eigenvalue weighted by Gasteiger charge is -2.03. The van der Waals surface area contributed by atoms with Gasteiger partial charge in [-0.25, -0.2) is 5.43 Å². The standard InChI is InChI=1S/C12H13Br2N3O3/c1-2-3-15-11(19)12(20)17-16-6-7-4-8(13)5-9(14)10(7)18/h4-6,18H,2-3H2,1H3,(H,15,19)(H,17,20)/b16-6+. The summed E-state index contributed by atoms with van der Waals surface area (Å²) in [5.41, 5.74) is 2.47. The van der Waals surface area contributed by atoms with Crippen molar-refractivity contribution in [2.75, 3.05) is 6.54 Å². The number of hydrogen-bond donors (Lipinski definition) is 3. The second-order valence-corrected chi connectivity index (χ2v) is 5.55. The number of carbonyl (C=O) groups excluding carboxylic acids is 2. The Hall–Kier alpha value is -1.41. The Morgan fingerprint density at radius 1 is 1.35 bits per heavy atom. The van der Waals surface area contributed by atoms with E-state index in [0.717, 1.165) is 10.9 Å². The van der Waals surface area contributed by atoms with Crippen molar-refractivity contribution in [3.8, 4) is 5.75 Å². The average Bonchev–Trinajstić information content (AvgIpc) is 2.41. The quantitative estimate of drug-likeness (QED) is 0.405. The molecule has 0 aromatic heterocycles. The van der Waals surface area contributed by atoms with Crippen LogP contribution in [0.5, 0.6) is 5.75 Å². The molecule has 1 aromatic carbocycles. The van der Waals surface area contributed by atoms with E-state index in [0.29, 0.717) is 16.6 Å². The van der Waals surface area contributed by atoms with Crippen molar-refractivity contribution >= 4 is 49.9 Å². The van der Waals surface area contributed by atoms with Crippen LogP contribution in [0.25, 0.3) is 0 Å². The molecule has 3 N–H and O–H groups in total. The number of hydrazone groups is 1. The molecule has 0 saturated carbocycles. The van der Waals surface area contributed by atoms with Gasteiger partial charge in [0.25, 0.3) is 0 Å². The number of benzene rings is 1. The highest BCUT2D eigenvalue weighted by atomic mass is 79.9. The number of hydrogen-bond acceptors (Lipinski definition) is 4. The zero-order chi connectivity index (χ0) is 15.1. The van der Waals surface area contributed by atoms with Crippen LogP contribution in [0.3, 0.4) is 0 Å². The van der Waals surface area contributed by atoms with E-state index in [-0.39, 0.29) is 5.75 Å². The molecule has 6 nitrogen and oxygen atoms in total. The first-order valence-electron chi connectivity index (χ1n) is 5.75. The van der Waals surface area contributed by atoms with Crippen LogP contribution in [0.1, 0.15) is 18.9 Å². The van der Waals surface area contributed by atoms with Gasteiger partial charge in [-0.05, 0) is 34.5 Å². The molecule has 0 radical (unpaired) electrons. The zero-order valence-corrected chi connectivity index (χ0v) is 13.8. The summed E-state index contributed by atoms with van der Waals surface area (Å²) in [4.78, 5) is 22.6. The molecule has 2 amide bonds. The minimum Gasteiger partial charge on any atom is -0.506 e. The average molecular weight is 407 g/mol. The lowest BCUT2D eigenvalue weighted by Crippen LogP contribution is -2.38. The molecular weight excluding hydrogens is 394 g/mol. The Morgan fingerprint density at radius 2 is 2.05 bits per heavy atom. The van der Waals surface area contributed by atoms with Gasteiger partial charge in [0.15, 0.2) is 0 Å².